The minimum Gasteiger partial charge on any atom is -0.494 e. The average Bonchev–Trinajstić information content (AvgIpc) is 2.94. The number of carbonyl (C=O) groups excluding carboxylic acids is 2. The van der Waals surface area contributed by atoms with Gasteiger partial charge in [-0.1, -0.05) is 42.3 Å². The van der Waals surface area contributed by atoms with Crippen LogP contribution in [-0.2, 0) is 20.7 Å². The number of nitrogens with zero attached hydrogens (tertiary/aromatic N) is 4. The number of halogens is 2. The van der Waals surface area contributed by atoms with Gasteiger partial charge in [0.1, 0.15) is 5.75 Å². The highest BCUT2D eigenvalue weighted by Gasteiger charge is 2.31. The lowest BCUT2D eigenvalue weighted by molar-refractivity contribution is -0.153. The molecule has 10 heteroatoms. The summed E-state index contributed by atoms with van der Waals surface area (Å²) in [5.74, 6) is 0.0722. The SMILES string of the molecule is CC(CN(C)C)C(=O)OC(C)N1C(=O)CCc2ccc(OCCCCN3CCN(c4cccc(Cl)c4Cl)CC3)cc21. The third-order valence-corrected chi connectivity index (χ3v) is 8.48. The van der Waals surface area contributed by atoms with E-state index in [9.17, 15) is 9.59 Å². The molecule has 0 saturated carbocycles. The maximum absolute atomic E-state index is 12.9. The molecule has 2 unspecified atom stereocenters. The van der Waals surface area contributed by atoms with Crippen molar-refractivity contribution in [2.45, 2.75) is 45.8 Å². The van der Waals surface area contributed by atoms with E-state index in [4.69, 9.17) is 32.7 Å². The minimum absolute atomic E-state index is 0.0482. The van der Waals surface area contributed by atoms with Crippen LogP contribution in [0.25, 0.3) is 0 Å². The van der Waals surface area contributed by atoms with Crippen molar-refractivity contribution in [1.82, 2.24) is 9.80 Å². The number of amides is 1. The quantitative estimate of drug-likeness (QED) is 0.239. The molecule has 0 N–H and O–H groups in total. The first-order valence-electron chi connectivity index (χ1n) is 14.5. The third-order valence-electron chi connectivity index (χ3n) is 7.67. The zero-order valence-electron chi connectivity index (χ0n) is 24.6. The van der Waals surface area contributed by atoms with Gasteiger partial charge in [0.05, 0.1) is 33.9 Å². The standard InChI is InChI=1S/C31H42Cl2N4O4/c1-22(21-34(3)4)31(39)41-23(2)37-28-20-25(12-10-24(28)11-13-29(37)38)40-19-6-5-14-35-15-17-36(18-16-35)27-9-7-8-26(32)30(27)33/h7-10,12,20,22-23H,5-6,11,13-19,21H2,1-4H3. The van der Waals surface area contributed by atoms with E-state index in [1.54, 1.807) is 11.8 Å². The molecule has 0 radical (unpaired) electrons. The Bertz CT molecular complexity index is 1200. The van der Waals surface area contributed by atoms with Crippen LogP contribution >= 0.6 is 23.2 Å². The zero-order chi connectivity index (χ0) is 29.5. The Labute approximate surface area is 254 Å². The zero-order valence-corrected chi connectivity index (χ0v) is 26.1. The van der Waals surface area contributed by atoms with Crippen LogP contribution in [0.3, 0.4) is 0 Å². The summed E-state index contributed by atoms with van der Waals surface area (Å²) >= 11 is 12.6. The molecule has 0 aromatic heterocycles. The molecule has 1 fully saturated rings. The molecule has 2 heterocycles. The van der Waals surface area contributed by atoms with E-state index in [2.05, 4.69) is 9.80 Å². The fourth-order valence-corrected chi connectivity index (χ4v) is 5.91. The monoisotopic (exact) mass is 604 g/mol. The number of benzene rings is 2. The van der Waals surface area contributed by atoms with Crippen molar-refractivity contribution in [2.75, 3.05) is 69.8 Å². The molecule has 1 saturated heterocycles. The van der Waals surface area contributed by atoms with Gasteiger partial charge >= 0.3 is 5.97 Å². The molecule has 2 aromatic carbocycles. The van der Waals surface area contributed by atoms with Crippen LogP contribution in [0.1, 0.15) is 38.7 Å². The lowest BCUT2D eigenvalue weighted by atomic mass is 10.0. The lowest BCUT2D eigenvalue weighted by Crippen LogP contribution is -2.46. The maximum Gasteiger partial charge on any atom is 0.311 e. The number of piperazine rings is 1. The Kier molecular flexibility index (Phi) is 11.2. The molecule has 41 heavy (non-hydrogen) atoms. The topological polar surface area (TPSA) is 65.6 Å². The van der Waals surface area contributed by atoms with E-state index in [0.29, 0.717) is 36.0 Å². The summed E-state index contributed by atoms with van der Waals surface area (Å²) in [5.41, 5.74) is 2.82. The molecule has 2 atom stereocenters. The molecular weight excluding hydrogens is 563 g/mol. The summed E-state index contributed by atoms with van der Waals surface area (Å²) in [6.45, 7) is 9.59. The predicted molar refractivity (Wildman–Crippen MR) is 165 cm³/mol. The highest BCUT2D eigenvalue weighted by molar-refractivity contribution is 6.43. The van der Waals surface area contributed by atoms with Crippen LogP contribution in [0.4, 0.5) is 11.4 Å². The number of carbonyl (C=O) groups is 2. The first-order chi connectivity index (χ1) is 19.6. The van der Waals surface area contributed by atoms with Gasteiger partial charge in [0.2, 0.25) is 5.91 Å². The lowest BCUT2D eigenvalue weighted by Gasteiger charge is -2.36. The number of aryl methyl sites for hydroxylation is 1. The first kappa shape index (κ1) is 31.4. The van der Waals surface area contributed by atoms with Gasteiger partial charge in [-0.05, 0) is 70.6 Å². The number of rotatable bonds is 12. The van der Waals surface area contributed by atoms with Crippen molar-refractivity contribution in [1.29, 1.82) is 0 Å². The van der Waals surface area contributed by atoms with Gasteiger partial charge in [-0.25, -0.2) is 0 Å². The van der Waals surface area contributed by atoms with E-state index in [1.165, 1.54) is 0 Å². The number of fused-ring (bicyclic) bond motifs is 1. The number of ether oxygens (including phenoxy) is 2. The number of esters is 1. The largest absolute Gasteiger partial charge is 0.494 e. The van der Waals surface area contributed by atoms with Crippen molar-refractivity contribution < 1.29 is 19.1 Å². The average molecular weight is 606 g/mol. The molecule has 2 aromatic rings. The summed E-state index contributed by atoms with van der Waals surface area (Å²) < 4.78 is 11.8. The second kappa shape index (κ2) is 14.6. The van der Waals surface area contributed by atoms with Crippen molar-refractivity contribution >= 4 is 46.5 Å². The highest BCUT2D eigenvalue weighted by atomic mass is 35.5. The van der Waals surface area contributed by atoms with E-state index in [0.717, 1.165) is 68.3 Å². The Morgan fingerprint density at radius 1 is 1.00 bits per heavy atom. The van der Waals surface area contributed by atoms with E-state index in [-0.39, 0.29) is 17.8 Å². The molecule has 0 bridgehead atoms. The molecular formula is C31H42Cl2N4O4. The normalized spacial score (nSPS) is 17.4. The van der Waals surface area contributed by atoms with Crippen LogP contribution < -0.4 is 14.5 Å². The van der Waals surface area contributed by atoms with Gasteiger partial charge in [0.15, 0.2) is 6.23 Å². The first-order valence-corrected chi connectivity index (χ1v) is 15.2. The Hall–Kier alpha value is -2.52. The predicted octanol–water partition coefficient (Wildman–Crippen LogP) is 5.34. The molecule has 2 aliphatic heterocycles. The second-order valence-electron chi connectivity index (χ2n) is 11.2. The second-order valence-corrected chi connectivity index (χ2v) is 12.0. The summed E-state index contributed by atoms with van der Waals surface area (Å²) in [6, 6.07) is 11.7. The van der Waals surface area contributed by atoms with Crippen LogP contribution in [0.15, 0.2) is 36.4 Å². The van der Waals surface area contributed by atoms with Crippen molar-refractivity contribution in [3.8, 4) is 5.75 Å². The minimum atomic E-state index is -0.690. The smallest absolute Gasteiger partial charge is 0.311 e. The van der Waals surface area contributed by atoms with Gasteiger partial charge in [0.25, 0.3) is 0 Å². The molecule has 1 amide bonds. The fourth-order valence-electron chi connectivity index (χ4n) is 5.50. The van der Waals surface area contributed by atoms with Gasteiger partial charge < -0.3 is 19.3 Å². The van der Waals surface area contributed by atoms with Gasteiger partial charge in [-0.15, -0.1) is 0 Å². The highest BCUT2D eigenvalue weighted by Crippen LogP contribution is 2.34. The fraction of sp³-hybridized carbons (Fsp3) is 0.548. The van der Waals surface area contributed by atoms with Crippen LogP contribution in [0, 0.1) is 5.92 Å². The van der Waals surface area contributed by atoms with Crippen LogP contribution in [0.5, 0.6) is 5.75 Å². The molecule has 8 nitrogen and oxygen atoms in total. The molecule has 4 rings (SSSR count). The van der Waals surface area contributed by atoms with Crippen molar-refractivity contribution in [2.24, 2.45) is 5.92 Å². The van der Waals surface area contributed by atoms with Gasteiger partial charge in [-0.2, -0.15) is 0 Å². The van der Waals surface area contributed by atoms with Crippen LogP contribution in [-0.4, -0.2) is 87.9 Å². The number of unbranched alkanes of at least 4 members (excludes halogenated alkanes) is 1. The van der Waals surface area contributed by atoms with Crippen molar-refractivity contribution in [3.63, 3.8) is 0 Å². The Morgan fingerprint density at radius 3 is 2.49 bits per heavy atom. The van der Waals surface area contributed by atoms with Gasteiger partial charge in [0, 0.05) is 45.2 Å². The van der Waals surface area contributed by atoms with Gasteiger partial charge in [-0.3, -0.25) is 19.4 Å². The van der Waals surface area contributed by atoms with E-state index >= 15 is 0 Å². The molecule has 0 spiro atoms. The molecule has 0 aliphatic carbocycles. The summed E-state index contributed by atoms with van der Waals surface area (Å²) in [4.78, 5) is 33.8. The molecule has 224 valence electrons. The summed E-state index contributed by atoms with van der Waals surface area (Å²) in [5, 5.41) is 1.22. The van der Waals surface area contributed by atoms with Crippen molar-refractivity contribution in [3.05, 3.63) is 52.0 Å². The van der Waals surface area contributed by atoms with E-state index < -0.39 is 6.23 Å². The number of hydrogen-bond donors (Lipinski definition) is 0. The van der Waals surface area contributed by atoms with E-state index in [1.807, 2.05) is 62.3 Å². The number of anilines is 2. The summed E-state index contributed by atoms with van der Waals surface area (Å²) in [6.07, 6.45) is 2.33. The Balaban J connectivity index is 1.24. The number of hydrogen-bond acceptors (Lipinski definition) is 7. The maximum atomic E-state index is 12.9. The third kappa shape index (κ3) is 8.28. The van der Waals surface area contributed by atoms with Crippen LogP contribution in [0.2, 0.25) is 10.0 Å². The molecule has 2 aliphatic rings. The Morgan fingerprint density at radius 2 is 1.76 bits per heavy atom. The summed E-state index contributed by atoms with van der Waals surface area (Å²) in [7, 11) is 3.83.